The van der Waals surface area contributed by atoms with Crippen molar-refractivity contribution in [2.24, 2.45) is 0 Å². The maximum Gasteiger partial charge on any atom is 0.266 e. The molecular formula is C24H21BrN2O2S2. The second-order valence-corrected chi connectivity index (χ2v) is 10.4. The molecule has 0 bridgehead atoms. The molecule has 7 heteroatoms. The summed E-state index contributed by atoms with van der Waals surface area (Å²) < 4.78 is 9.56. The molecule has 3 heterocycles. The zero-order chi connectivity index (χ0) is 21.4. The lowest BCUT2D eigenvalue weighted by Gasteiger charge is -2.18. The number of benzene rings is 2. The summed E-state index contributed by atoms with van der Waals surface area (Å²) in [5, 5.41) is 1.11. The molecular weight excluding hydrogens is 492 g/mol. The summed E-state index contributed by atoms with van der Waals surface area (Å²) in [4.78, 5) is 15.5. The van der Waals surface area contributed by atoms with Gasteiger partial charge in [0.15, 0.2) is 0 Å². The highest BCUT2D eigenvalue weighted by Gasteiger charge is 2.34. The third kappa shape index (κ3) is 4.37. The minimum Gasteiger partial charge on any atom is -0.376 e. The maximum absolute atomic E-state index is 13.1. The summed E-state index contributed by atoms with van der Waals surface area (Å²) in [6.45, 7) is 2.08. The van der Waals surface area contributed by atoms with E-state index in [1.165, 1.54) is 17.3 Å². The molecule has 0 saturated carbocycles. The van der Waals surface area contributed by atoms with Gasteiger partial charge in [0.05, 0.1) is 17.6 Å². The van der Waals surface area contributed by atoms with Crippen molar-refractivity contribution in [2.75, 3.05) is 13.2 Å². The van der Waals surface area contributed by atoms with E-state index in [1.807, 2.05) is 12.1 Å². The molecule has 0 unspecified atom stereocenters. The summed E-state index contributed by atoms with van der Waals surface area (Å²) in [6.07, 6.45) is 6.22. The minimum atomic E-state index is -0.0237. The first kappa shape index (κ1) is 20.9. The van der Waals surface area contributed by atoms with Crippen molar-refractivity contribution in [1.29, 1.82) is 0 Å². The van der Waals surface area contributed by atoms with Crippen LogP contribution in [0.5, 0.6) is 0 Å². The average Bonchev–Trinajstić information content (AvgIpc) is 3.46. The Morgan fingerprint density at radius 3 is 2.84 bits per heavy atom. The molecule has 1 atom stereocenters. The normalized spacial score (nSPS) is 20.5. The molecule has 2 aromatic carbocycles. The lowest BCUT2D eigenvalue weighted by molar-refractivity contribution is -0.123. The number of thiocarbonyl (C=S) groups is 1. The van der Waals surface area contributed by atoms with E-state index < -0.39 is 0 Å². The highest BCUT2D eigenvalue weighted by Crippen LogP contribution is 2.36. The van der Waals surface area contributed by atoms with Crippen LogP contribution in [0.1, 0.15) is 24.0 Å². The second kappa shape index (κ2) is 8.90. The van der Waals surface area contributed by atoms with Crippen molar-refractivity contribution in [3.63, 3.8) is 0 Å². The van der Waals surface area contributed by atoms with E-state index in [1.54, 1.807) is 4.90 Å². The first-order valence-corrected chi connectivity index (χ1v) is 12.3. The van der Waals surface area contributed by atoms with E-state index in [0.29, 0.717) is 15.8 Å². The fourth-order valence-corrected chi connectivity index (χ4v) is 5.74. The van der Waals surface area contributed by atoms with Gasteiger partial charge in [-0.15, -0.1) is 0 Å². The number of nitrogens with zero attached hydrogens (tertiary/aromatic N) is 2. The number of hydrogen-bond acceptors (Lipinski definition) is 4. The lowest BCUT2D eigenvalue weighted by Crippen LogP contribution is -2.35. The van der Waals surface area contributed by atoms with Gasteiger partial charge in [-0.2, -0.15) is 0 Å². The molecule has 2 aliphatic rings. The number of halogens is 1. The maximum atomic E-state index is 13.1. The first-order chi connectivity index (χ1) is 15.1. The van der Waals surface area contributed by atoms with E-state index in [9.17, 15) is 4.79 Å². The Balaban J connectivity index is 1.48. The van der Waals surface area contributed by atoms with E-state index in [-0.39, 0.29) is 12.0 Å². The van der Waals surface area contributed by atoms with Gasteiger partial charge in [0.1, 0.15) is 4.32 Å². The van der Waals surface area contributed by atoms with Gasteiger partial charge in [0.25, 0.3) is 5.91 Å². The van der Waals surface area contributed by atoms with Crippen molar-refractivity contribution < 1.29 is 9.53 Å². The van der Waals surface area contributed by atoms with Crippen molar-refractivity contribution >= 4 is 67.1 Å². The third-order valence-electron chi connectivity index (χ3n) is 5.64. The number of carbonyl (C=O) groups excluding carboxylic acids is 1. The number of aromatic nitrogens is 1. The molecule has 0 spiro atoms. The van der Waals surface area contributed by atoms with Gasteiger partial charge in [-0.25, -0.2) is 0 Å². The number of thioether (sulfide) groups is 1. The molecule has 2 aliphatic heterocycles. The molecule has 31 heavy (non-hydrogen) atoms. The van der Waals surface area contributed by atoms with Gasteiger partial charge in [-0.1, -0.05) is 70.2 Å². The van der Waals surface area contributed by atoms with Crippen LogP contribution in [0.4, 0.5) is 0 Å². The number of hydrogen-bond donors (Lipinski definition) is 0. The van der Waals surface area contributed by atoms with E-state index in [4.69, 9.17) is 17.0 Å². The van der Waals surface area contributed by atoms with Crippen LogP contribution in [-0.4, -0.2) is 39.0 Å². The standard InChI is InChI=1S/C24H21BrN2O2S2/c25-18-8-9-21-20(12-18)17(14-26(21)13-16-5-2-1-3-6-16)11-22-23(28)27(24(30)31-22)15-19-7-4-10-29-19/h1-3,5-6,8-9,11-12,14,19H,4,7,10,13,15H2/b22-11-/t19-/m1/s1. The smallest absolute Gasteiger partial charge is 0.266 e. The van der Waals surface area contributed by atoms with Crippen molar-refractivity contribution in [1.82, 2.24) is 9.47 Å². The van der Waals surface area contributed by atoms with Crippen LogP contribution >= 0.6 is 39.9 Å². The van der Waals surface area contributed by atoms with Gasteiger partial charge in [-0.3, -0.25) is 9.69 Å². The van der Waals surface area contributed by atoms with Gasteiger partial charge >= 0.3 is 0 Å². The Morgan fingerprint density at radius 2 is 2.06 bits per heavy atom. The monoisotopic (exact) mass is 512 g/mol. The molecule has 158 valence electrons. The Bertz CT molecular complexity index is 1180. The van der Waals surface area contributed by atoms with E-state index >= 15 is 0 Å². The fourth-order valence-electron chi connectivity index (χ4n) is 4.11. The topological polar surface area (TPSA) is 34.5 Å². The molecule has 2 saturated heterocycles. The molecule has 5 rings (SSSR count). The number of carbonyl (C=O) groups is 1. The van der Waals surface area contributed by atoms with Gasteiger partial charge in [0.2, 0.25) is 0 Å². The molecule has 1 amide bonds. The number of fused-ring (bicyclic) bond motifs is 1. The minimum absolute atomic E-state index is 0.0237. The zero-order valence-electron chi connectivity index (χ0n) is 16.8. The van der Waals surface area contributed by atoms with Crippen LogP contribution in [0.15, 0.2) is 64.1 Å². The average molecular weight is 513 g/mol. The fraction of sp³-hybridized carbons (Fsp3) is 0.250. The SMILES string of the molecule is O=C1/C(=C/c2cn(Cc3ccccc3)c3ccc(Br)cc23)SC(=S)N1C[C@H]1CCCO1. The van der Waals surface area contributed by atoms with Gasteiger partial charge in [-0.05, 0) is 42.7 Å². The third-order valence-corrected chi connectivity index (χ3v) is 7.51. The highest BCUT2D eigenvalue weighted by atomic mass is 79.9. The number of amides is 1. The van der Waals surface area contributed by atoms with Crippen molar-refractivity contribution in [2.45, 2.75) is 25.5 Å². The number of ether oxygens (including phenoxy) is 1. The van der Waals surface area contributed by atoms with Crippen molar-refractivity contribution in [3.8, 4) is 0 Å². The summed E-state index contributed by atoms with van der Waals surface area (Å²) in [5.74, 6) is -0.0237. The van der Waals surface area contributed by atoms with Gasteiger partial charge < -0.3 is 9.30 Å². The molecule has 1 aromatic heterocycles. The van der Waals surface area contributed by atoms with Crippen LogP contribution in [0.2, 0.25) is 0 Å². The molecule has 0 aliphatic carbocycles. The van der Waals surface area contributed by atoms with Crippen LogP contribution in [0.25, 0.3) is 17.0 Å². The number of rotatable bonds is 5. The van der Waals surface area contributed by atoms with Crippen LogP contribution in [0, 0.1) is 0 Å². The molecule has 3 aromatic rings. The Labute approximate surface area is 199 Å². The van der Waals surface area contributed by atoms with Crippen molar-refractivity contribution in [3.05, 3.63) is 75.2 Å². The first-order valence-electron chi connectivity index (χ1n) is 10.3. The predicted molar refractivity (Wildman–Crippen MR) is 134 cm³/mol. The molecule has 2 fully saturated rings. The van der Waals surface area contributed by atoms with E-state index in [0.717, 1.165) is 46.9 Å². The summed E-state index contributed by atoms with van der Waals surface area (Å²) in [7, 11) is 0. The lowest BCUT2D eigenvalue weighted by atomic mass is 10.1. The van der Waals surface area contributed by atoms with Crippen LogP contribution in [0.3, 0.4) is 0 Å². The van der Waals surface area contributed by atoms with Gasteiger partial charge in [0, 0.05) is 40.3 Å². The second-order valence-electron chi connectivity index (χ2n) is 7.79. The zero-order valence-corrected chi connectivity index (χ0v) is 20.0. The highest BCUT2D eigenvalue weighted by molar-refractivity contribution is 9.10. The van der Waals surface area contributed by atoms with Crippen LogP contribution in [-0.2, 0) is 16.1 Å². The Morgan fingerprint density at radius 1 is 1.23 bits per heavy atom. The van der Waals surface area contributed by atoms with Crippen LogP contribution < -0.4 is 0 Å². The summed E-state index contributed by atoms with van der Waals surface area (Å²) >= 11 is 10.5. The molecule has 0 radical (unpaired) electrons. The Hall–Kier alpha value is -1.93. The molecule has 0 N–H and O–H groups in total. The predicted octanol–water partition coefficient (Wildman–Crippen LogP) is 5.83. The largest absolute Gasteiger partial charge is 0.376 e. The molecule has 4 nitrogen and oxygen atoms in total. The summed E-state index contributed by atoms with van der Waals surface area (Å²) in [5.41, 5.74) is 3.38. The Kier molecular flexibility index (Phi) is 6.01. The van der Waals surface area contributed by atoms with E-state index in [2.05, 4.69) is 69.2 Å². The summed E-state index contributed by atoms with van der Waals surface area (Å²) in [6, 6.07) is 16.7. The quantitative estimate of drug-likeness (QED) is 0.318.